The predicted octanol–water partition coefficient (Wildman–Crippen LogP) is 3.35. The van der Waals surface area contributed by atoms with Gasteiger partial charge in [0.1, 0.15) is 0 Å². The lowest BCUT2D eigenvalue weighted by molar-refractivity contribution is -0.153. The highest BCUT2D eigenvalue weighted by Crippen LogP contribution is 2.23. The topological polar surface area (TPSA) is 69.7 Å². The first-order valence-corrected chi connectivity index (χ1v) is 11.9. The van der Waals surface area contributed by atoms with Gasteiger partial charge in [-0.3, -0.25) is 9.59 Å². The summed E-state index contributed by atoms with van der Waals surface area (Å²) in [5.41, 5.74) is 0.803. The molecule has 0 amide bonds. The summed E-state index contributed by atoms with van der Waals surface area (Å²) in [6, 6.07) is 0. The Morgan fingerprint density at radius 1 is 1.29 bits per heavy atom. The highest BCUT2D eigenvalue weighted by molar-refractivity contribution is 6.69. The highest BCUT2D eigenvalue weighted by Gasteiger charge is 2.28. The number of allylic oxidation sites excluding steroid dienone is 3. The first kappa shape index (κ1) is 20.5. The Labute approximate surface area is 145 Å². The second kappa shape index (κ2) is 9.69. The van der Waals surface area contributed by atoms with E-state index in [2.05, 4.69) is 24.4 Å². The minimum atomic E-state index is -1.64. The summed E-state index contributed by atoms with van der Waals surface area (Å²) in [7, 11) is -1.64. The first-order chi connectivity index (χ1) is 11.2. The number of unbranched alkanes of at least 4 members (excludes halogenated alkanes) is 1. The molecule has 6 heteroatoms. The van der Waals surface area contributed by atoms with Crippen molar-refractivity contribution < 1.29 is 23.5 Å². The molecule has 1 atom stereocenters. The van der Waals surface area contributed by atoms with Crippen LogP contribution in [0, 0.1) is 0 Å². The molecule has 1 aliphatic rings. The molecule has 0 bridgehead atoms. The van der Waals surface area contributed by atoms with Crippen LogP contribution in [0.15, 0.2) is 23.8 Å². The monoisotopic (exact) mass is 352 g/mol. The Hall–Kier alpha value is -1.53. The van der Waals surface area contributed by atoms with Gasteiger partial charge in [-0.15, -0.1) is 0 Å². The molecule has 0 saturated carbocycles. The van der Waals surface area contributed by atoms with Gasteiger partial charge in [0.15, 0.2) is 14.1 Å². The van der Waals surface area contributed by atoms with Gasteiger partial charge in [-0.05, 0) is 57.5 Å². The van der Waals surface area contributed by atoms with Crippen LogP contribution in [0.3, 0.4) is 0 Å². The van der Waals surface area contributed by atoms with E-state index >= 15 is 0 Å². The Morgan fingerprint density at radius 3 is 2.62 bits per heavy atom. The highest BCUT2D eigenvalue weighted by atomic mass is 28.4. The summed E-state index contributed by atoms with van der Waals surface area (Å²) in [4.78, 5) is 34.5. The fourth-order valence-electron chi connectivity index (χ4n) is 2.42. The molecule has 134 valence electrons. The van der Waals surface area contributed by atoms with Gasteiger partial charge >= 0.3 is 5.97 Å². The number of esters is 1. The van der Waals surface area contributed by atoms with E-state index in [1.165, 1.54) is 0 Å². The minimum absolute atomic E-state index is 0.0743. The molecule has 0 aliphatic heterocycles. The maximum atomic E-state index is 12.0. The van der Waals surface area contributed by atoms with Crippen LogP contribution >= 0.6 is 0 Å². The molecule has 5 nitrogen and oxygen atoms in total. The summed E-state index contributed by atoms with van der Waals surface area (Å²) >= 11 is 0. The van der Waals surface area contributed by atoms with Crippen molar-refractivity contribution in [2.45, 2.75) is 64.8 Å². The summed E-state index contributed by atoms with van der Waals surface area (Å²) in [6.45, 7) is 8.23. The van der Waals surface area contributed by atoms with Gasteiger partial charge < -0.3 is 9.16 Å². The van der Waals surface area contributed by atoms with Crippen molar-refractivity contribution in [3.8, 4) is 0 Å². The molecule has 0 fully saturated rings. The Bertz CT molecular complexity index is 528. The predicted molar refractivity (Wildman–Crippen MR) is 95.2 cm³/mol. The number of carbonyl (C=O) groups is 3. The number of ether oxygens (including phenoxy) is 1. The fourth-order valence-corrected chi connectivity index (χ4v) is 3.48. The van der Waals surface area contributed by atoms with Gasteiger partial charge in [0.25, 0.3) is 0 Å². The van der Waals surface area contributed by atoms with Gasteiger partial charge in [-0.25, -0.2) is 4.79 Å². The molecule has 1 rings (SSSR count). The first-order valence-electron chi connectivity index (χ1n) is 8.49. The van der Waals surface area contributed by atoms with Crippen LogP contribution in [-0.2, 0) is 23.5 Å². The zero-order valence-corrected chi connectivity index (χ0v) is 16.1. The van der Waals surface area contributed by atoms with E-state index in [9.17, 15) is 14.4 Å². The number of rotatable bonds is 10. The van der Waals surface area contributed by atoms with Gasteiger partial charge in [-0.2, -0.15) is 0 Å². The average molecular weight is 353 g/mol. The molecule has 0 heterocycles. The molecular weight excluding hydrogens is 324 g/mol. The average Bonchev–Trinajstić information content (AvgIpc) is 2.80. The molecule has 0 aromatic heterocycles. The van der Waals surface area contributed by atoms with Gasteiger partial charge in [0.05, 0.1) is 12.7 Å². The molecule has 1 aliphatic carbocycles. The lowest BCUT2D eigenvalue weighted by Crippen LogP contribution is -2.30. The summed E-state index contributed by atoms with van der Waals surface area (Å²) in [5.74, 6) is -1.08. The molecule has 1 unspecified atom stereocenters. The Kier molecular flexibility index (Phi) is 8.28. The van der Waals surface area contributed by atoms with Crippen molar-refractivity contribution in [3.05, 3.63) is 23.8 Å². The molecule has 0 aromatic rings. The van der Waals surface area contributed by atoms with Crippen molar-refractivity contribution in [2.75, 3.05) is 6.61 Å². The van der Waals surface area contributed by atoms with E-state index < -0.39 is 20.1 Å². The van der Waals surface area contributed by atoms with Crippen LogP contribution in [-0.4, -0.2) is 38.6 Å². The number of hydrogen-bond acceptors (Lipinski definition) is 5. The van der Waals surface area contributed by atoms with E-state index in [-0.39, 0.29) is 24.9 Å². The Balaban J connectivity index is 2.29. The van der Waals surface area contributed by atoms with E-state index in [1.54, 1.807) is 6.92 Å². The standard InChI is InChI=1S/C18H28O5Si/c1-5-22-18(21)16(19)11-9-7-6-8-10-14-12-15(13-17(14)20)23-24(2,3)4/h6,8,12,15H,5,7,9-11,13H2,1-4H3/b8-6-. The van der Waals surface area contributed by atoms with Crippen LogP contribution < -0.4 is 0 Å². The number of carbonyl (C=O) groups excluding carboxylic acids is 3. The van der Waals surface area contributed by atoms with Crippen molar-refractivity contribution in [1.29, 1.82) is 0 Å². The van der Waals surface area contributed by atoms with E-state index in [0.29, 0.717) is 25.7 Å². The fraction of sp³-hybridized carbons (Fsp3) is 0.611. The summed E-state index contributed by atoms with van der Waals surface area (Å²) in [6.07, 6.45) is 8.28. The van der Waals surface area contributed by atoms with Crippen molar-refractivity contribution in [2.24, 2.45) is 0 Å². The van der Waals surface area contributed by atoms with Gasteiger partial charge in [0, 0.05) is 12.8 Å². The molecule has 24 heavy (non-hydrogen) atoms. The van der Waals surface area contributed by atoms with Crippen LogP contribution in [0.5, 0.6) is 0 Å². The largest absolute Gasteiger partial charge is 0.460 e. The minimum Gasteiger partial charge on any atom is -0.460 e. The van der Waals surface area contributed by atoms with Crippen molar-refractivity contribution >= 4 is 25.9 Å². The van der Waals surface area contributed by atoms with Gasteiger partial charge in [0.2, 0.25) is 5.78 Å². The maximum absolute atomic E-state index is 12.0. The van der Waals surface area contributed by atoms with Crippen LogP contribution in [0.1, 0.15) is 39.0 Å². The SMILES string of the molecule is CCOC(=O)C(=O)CCC/C=C\CC1=CC(O[Si](C)(C)C)CC1=O. The normalized spacial score (nSPS) is 18.1. The summed E-state index contributed by atoms with van der Waals surface area (Å²) < 4.78 is 10.6. The second-order valence-electron chi connectivity index (χ2n) is 6.80. The van der Waals surface area contributed by atoms with Crippen LogP contribution in [0.4, 0.5) is 0 Å². The van der Waals surface area contributed by atoms with E-state index in [0.717, 1.165) is 5.57 Å². The molecule has 0 N–H and O–H groups in total. The maximum Gasteiger partial charge on any atom is 0.374 e. The third-order valence-corrected chi connectivity index (χ3v) is 4.43. The lowest BCUT2D eigenvalue weighted by atomic mass is 10.1. The third-order valence-electron chi connectivity index (χ3n) is 3.42. The molecular formula is C18H28O5Si. The van der Waals surface area contributed by atoms with E-state index in [4.69, 9.17) is 4.43 Å². The zero-order chi connectivity index (χ0) is 18.2. The van der Waals surface area contributed by atoms with Crippen molar-refractivity contribution in [1.82, 2.24) is 0 Å². The summed E-state index contributed by atoms with van der Waals surface area (Å²) in [5, 5.41) is 0. The lowest BCUT2D eigenvalue weighted by Gasteiger charge is -2.21. The zero-order valence-electron chi connectivity index (χ0n) is 15.1. The quantitative estimate of drug-likeness (QED) is 0.198. The number of ketones is 2. The molecule has 0 spiro atoms. The number of Topliss-reactive ketones (excluding diaryl/α,β-unsaturated/α-hetero) is 2. The second-order valence-corrected chi connectivity index (χ2v) is 11.3. The van der Waals surface area contributed by atoms with Gasteiger partial charge in [-0.1, -0.05) is 12.2 Å². The van der Waals surface area contributed by atoms with Crippen LogP contribution in [0.25, 0.3) is 0 Å². The third kappa shape index (κ3) is 7.83. The van der Waals surface area contributed by atoms with Crippen molar-refractivity contribution in [3.63, 3.8) is 0 Å². The van der Waals surface area contributed by atoms with Crippen LogP contribution in [0.2, 0.25) is 19.6 Å². The smallest absolute Gasteiger partial charge is 0.374 e. The number of hydrogen-bond donors (Lipinski definition) is 0. The van der Waals surface area contributed by atoms with E-state index in [1.807, 2.05) is 18.2 Å². The Morgan fingerprint density at radius 2 is 2.00 bits per heavy atom. The molecule has 0 aromatic carbocycles. The molecule has 0 saturated heterocycles. The molecule has 0 radical (unpaired) electrons.